The lowest BCUT2D eigenvalue weighted by Gasteiger charge is -2.35. The van der Waals surface area contributed by atoms with Crippen LogP contribution in [0.25, 0.3) is 0 Å². The predicted molar refractivity (Wildman–Crippen MR) is 94.3 cm³/mol. The number of fused-ring (bicyclic) bond motifs is 1. The van der Waals surface area contributed by atoms with Crippen molar-refractivity contribution in [3.05, 3.63) is 52.9 Å². The summed E-state index contributed by atoms with van der Waals surface area (Å²) in [6, 6.07) is 10.2. The minimum atomic E-state index is -3.70. The molecule has 7 heteroatoms. The third-order valence-corrected chi connectivity index (χ3v) is 7.22. The van der Waals surface area contributed by atoms with E-state index in [1.165, 1.54) is 15.6 Å². The molecule has 24 heavy (non-hydrogen) atoms. The van der Waals surface area contributed by atoms with E-state index in [0.29, 0.717) is 6.42 Å². The molecule has 5 nitrogen and oxygen atoms in total. The van der Waals surface area contributed by atoms with Crippen molar-refractivity contribution in [2.45, 2.75) is 43.1 Å². The number of rotatable bonds is 4. The van der Waals surface area contributed by atoms with E-state index in [0.717, 1.165) is 11.1 Å². The molecular formula is C17H20N2O3S2. The van der Waals surface area contributed by atoms with Crippen molar-refractivity contribution >= 4 is 27.3 Å². The molecule has 0 saturated carbocycles. The number of carbonyl (C=O) groups excluding carboxylic acids is 1. The van der Waals surface area contributed by atoms with Gasteiger partial charge < -0.3 is 5.32 Å². The van der Waals surface area contributed by atoms with Crippen molar-refractivity contribution in [2.75, 3.05) is 0 Å². The van der Waals surface area contributed by atoms with Crippen LogP contribution in [-0.2, 0) is 27.8 Å². The van der Waals surface area contributed by atoms with Crippen LogP contribution in [0.1, 0.15) is 25.0 Å². The first kappa shape index (κ1) is 17.1. The Morgan fingerprint density at radius 1 is 1.21 bits per heavy atom. The smallest absolute Gasteiger partial charge is 0.253 e. The molecule has 3 rings (SSSR count). The number of sulfonamides is 1. The van der Waals surface area contributed by atoms with Gasteiger partial charge in [-0.25, -0.2) is 8.42 Å². The fourth-order valence-corrected chi connectivity index (χ4v) is 5.57. The highest BCUT2D eigenvalue weighted by atomic mass is 32.2. The summed E-state index contributed by atoms with van der Waals surface area (Å²) in [7, 11) is -3.70. The molecular weight excluding hydrogens is 344 g/mol. The summed E-state index contributed by atoms with van der Waals surface area (Å²) < 4.78 is 27.6. The van der Waals surface area contributed by atoms with E-state index < -0.39 is 16.1 Å². The van der Waals surface area contributed by atoms with Gasteiger partial charge in [-0.3, -0.25) is 4.79 Å². The summed E-state index contributed by atoms with van der Waals surface area (Å²) in [5, 5.41) is 4.58. The first-order valence-corrected chi connectivity index (χ1v) is 10.1. The van der Waals surface area contributed by atoms with Gasteiger partial charge in [-0.05, 0) is 42.8 Å². The fourth-order valence-electron chi connectivity index (χ4n) is 2.88. The molecule has 128 valence electrons. The molecule has 1 aliphatic rings. The normalized spacial score (nSPS) is 18.4. The van der Waals surface area contributed by atoms with Crippen LogP contribution in [0.4, 0.5) is 0 Å². The largest absolute Gasteiger partial charge is 0.353 e. The Morgan fingerprint density at radius 3 is 2.54 bits per heavy atom. The lowest BCUT2D eigenvalue weighted by Crippen LogP contribution is -2.53. The number of benzene rings is 1. The monoisotopic (exact) mass is 364 g/mol. The van der Waals surface area contributed by atoms with Crippen molar-refractivity contribution in [1.29, 1.82) is 0 Å². The van der Waals surface area contributed by atoms with Gasteiger partial charge in [-0.1, -0.05) is 30.3 Å². The van der Waals surface area contributed by atoms with E-state index in [1.807, 2.05) is 38.1 Å². The van der Waals surface area contributed by atoms with Crippen molar-refractivity contribution in [2.24, 2.45) is 0 Å². The quantitative estimate of drug-likeness (QED) is 0.906. The van der Waals surface area contributed by atoms with Gasteiger partial charge in [0.1, 0.15) is 10.3 Å². The number of amides is 1. The molecule has 2 heterocycles. The Kier molecular flexibility index (Phi) is 4.76. The van der Waals surface area contributed by atoms with Crippen molar-refractivity contribution < 1.29 is 13.2 Å². The van der Waals surface area contributed by atoms with Crippen LogP contribution in [0.3, 0.4) is 0 Å². The summed E-state index contributed by atoms with van der Waals surface area (Å²) in [5.74, 6) is -0.250. The maximum atomic E-state index is 13.0. The summed E-state index contributed by atoms with van der Waals surface area (Å²) in [6.45, 7) is 3.95. The van der Waals surface area contributed by atoms with Gasteiger partial charge in [-0.2, -0.15) is 4.31 Å². The van der Waals surface area contributed by atoms with E-state index in [1.54, 1.807) is 17.5 Å². The van der Waals surface area contributed by atoms with Gasteiger partial charge >= 0.3 is 0 Å². The summed E-state index contributed by atoms with van der Waals surface area (Å²) >= 11 is 1.17. The molecule has 1 amide bonds. The first-order valence-electron chi connectivity index (χ1n) is 7.82. The van der Waals surface area contributed by atoms with Gasteiger partial charge in [0.15, 0.2) is 0 Å². The first-order chi connectivity index (χ1) is 11.4. The Balaban J connectivity index is 2.02. The third kappa shape index (κ3) is 3.24. The van der Waals surface area contributed by atoms with Crippen LogP contribution < -0.4 is 5.32 Å². The van der Waals surface area contributed by atoms with Gasteiger partial charge in [0, 0.05) is 12.6 Å². The molecule has 1 unspecified atom stereocenters. The van der Waals surface area contributed by atoms with Crippen LogP contribution >= 0.6 is 11.3 Å². The molecule has 1 aromatic carbocycles. The van der Waals surface area contributed by atoms with Crippen molar-refractivity contribution in [1.82, 2.24) is 9.62 Å². The maximum Gasteiger partial charge on any atom is 0.253 e. The van der Waals surface area contributed by atoms with E-state index in [-0.39, 0.29) is 22.7 Å². The summed E-state index contributed by atoms with van der Waals surface area (Å²) in [6.07, 6.45) is 0.388. The number of hydrogen-bond donors (Lipinski definition) is 1. The van der Waals surface area contributed by atoms with E-state index in [4.69, 9.17) is 0 Å². The molecule has 1 atom stereocenters. The van der Waals surface area contributed by atoms with Crippen molar-refractivity contribution in [3.63, 3.8) is 0 Å². The molecule has 1 N–H and O–H groups in total. The third-order valence-electron chi connectivity index (χ3n) is 4.00. The second kappa shape index (κ2) is 6.66. The molecule has 1 aliphatic heterocycles. The summed E-state index contributed by atoms with van der Waals surface area (Å²) in [4.78, 5) is 12.6. The lowest BCUT2D eigenvalue weighted by molar-refractivity contribution is -0.125. The highest BCUT2D eigenvalue weighted by Gasteiger charge is 2.40. The maximum absolute atomic E-state index is 13.0. The average molecular weight is 364 g/mol. The van der Waals surface area contributed by atoms with Crippen LogP contribution in [0.5, 0.6) is 0 Å². The van der Waals surface area contributed by atoms with E-state index >= 15 is 0 Å². The molecule has 0 radical (unpaired) electrons. The topological polar surface area (TPSA) is 66.5 Å². The Labute approximate surface area is 146 Å². The number of hydrogen-bond acceptors (Lipinski definition) is 4. The minimum Gasteiger partial charge on any atom is -0.353 e. The zero-order chi connectivity index (χ0) is 17.3. The SMILES string of the molecule is CC(C)NC(=O)C1Cc2ccccc2CN1S(=O)(=O)c1cccs1. The fraction of sp³-hybridized carbons (Fsp3) is 0.353. The van der Waals surface area contributed by atoms with Crippen LogP contribution in [-0.4, -0.2) is 30.7 Å². The zero-order valence-corrected chi connectivity index (χ0v) is 15.2. The lowest BCUT2D eigenvalue weighted by atomic mass is 9.95. The van der Waals surface area contributed by atoms with Crippen LogP contribution in [0.2, 0.25) is 0 Å². The molecule has 0 bridgehead atoms. The Hall–Kier alpha value is -1.70. The second-order valence-corrected chi connectivity index (χ2v) is 9.20. The van der Waals surface area contributed by atoms with E-state index in [9.17, 15) is 13.2 Å². The minimum absolute atomic E-state index is 0.0408. The number of carbonyl (C=O) groups is 1. The Bertz CT molecular complexity index is 829. The van der Waals surface area contributed by atoms with Crippen LogP contribution in [0.15, 0.2) is 46.0 Å². The molecule has 0 aliphatic carbocycles. The van der Waals surface area contributed by atoms with Crippen LogP contribution in [0, 0.1) is 0 Å². The van der Waals surface area contributed by atoms with Gasteiger partial charge in [0.2, 0.25) is 5.91 Å². The molecule has 0 spiro atoms. The average Bonchev–Trinajstić information content (AvgIpc) is 3.08. The molecule has 0 saturated heterocycles. The van der Waals surface area contributed by atoms with Gasteiger partial charge in [0.25, 0.3) is 10.0 Å². The van der Waals surface area contributed by atoms with Gasteiger partial charge in [0.05, 0.1) is 0 Å². The molecule has 0 fully saturated rings. The Morgan fingerprint density at radius 2 is 1.92 bits per heavy atom. The van der Waals surface area contributed by atoms with Crippen molar-refractivity contribution in [3.8, 4) is 0 Å². The highest BCUT2D eigenvalue weighted by molar-refractivity contribution is 7.91. The second-order valence-electron chi connectivity index (χ2n) is 6.13. The zero-order valence-electron chi connectivity index (χ0n) is 13.6. The summed E-state index contributed by atoms with van der Waals surface area (Å²) in [5.41, 5.74) is 1.98. The standard InChI is InChI=1S/C17H20N2O3S2/c1-12(2)18-17(20)15-10-13-6-3-4-7-14(13)11-19(15)24(21,22)16-8-5-9-23-16/h3-9,12,15H,10-11H2,1-2H3,(H,18,20). The molecule has 2 aromatic rings. The molecule has 1 aromatic heterocycles. The number of nitrogens with one attached hydrogen (secondary N) is 1. The number of nitrogens with zero attached hydrogens (tertiary/aromatic N) is 1. The number of thiophene rings is 1. The van der Waals surface area contributed by atoms with E-state index in [2.05, 4.69) is 5.32 Å². The highest BCUT2D eigenvalue weighted by Crippen LogP contribution is 2.30. The van der Waals surface area contributed by atoms with Gasteiger partial charge in [-0.15, -0.1) is 11.3 Å². The predicted octanol–water partition coefficient (Wildman–Crippen LogP) is 2.39.